The van der Waals surface area contributed by atoms with Crippen molar-refractivity contribution in [3.05, 3.63) is 30.0 Å². The summed E-state index contributed by atoms with van der Waals surface area (Å²) in [7, 11) is 0. The first-order valence-electron chi connectivity index (χ1n) is 3.97. The molecule has 1 aromatic carbocycles. The van der Waals surface area contributed by atoms with E-state index in [9.17, 15) is 4.79 Å². The number of hydrogen-bond acceptors (Lipinski definition) is 3. The smallest absolute Gasteiger partial charge is 0.194 e. The lowest BCUT2D eigenvalue weighted by molar-refractivity contribution is 0.0989. The van der Waals surface area contributed by atoms with Crippen LogP contribution in [0.4, 0.5) is 5.69 Å². The highest BCUT2D eigenvalue weighted by Gasteiger charge is 2.08. The zero-order chi connectivity index (χ0) is 9.42. The molecule has 0 aliphatic carbocycles. The van der Waals surface area contributed by atoms with Gasteiger partial charge in [-0.15, -0.1) is 0 Å². The lowest BCUT2D eigenvalue weighted by Crippen LogP contribution is -1.86. The van der Waals surface area contributed by atoms with Crippen LogP contribution in [0.3, 0.4) is 0 Å². The number of benzene rings is 1. The van der Waals surface area contributed by atoms with Gasteiger partial charge in [0.05, 0.1) is 5.69 Å². The van der Waals surface area contributed by atoms with Gasteiger partial charge < -0.3 is 10.2 Å². The van der Waals surface area contributed by atoms with E-state index >= 15 is 0 Å². The summed E-state index contributed by atoms with van der Waals surface area (Å²) in [6.07, 6.45) is 0. The van der Waals surface area contributed by atoms with Gasteiger partial charge in [-0.1, -0.05) is 12.1 Å². The molecular formula is C10H9NO2. The SMILES string of the molecule is CC(=O)c1cc2cccc(N)c2o1. The third kappa shape index (κ3) is 1.18. The highest BCUT2D eigenvalue weighted by molar-refractivity contribution is 5.98. The predicted octanol–water partition coefficient (Wildman–Crippen LogP) is 2.22. The summed E-state index contributed by atoms with van der Waals surface area (Å²) in [5.74, 6) is 0.267. The Balaban J connectivity index is 2.75. The minimum atomic E-state index is -0.0874. The third-order valence-corrected chi connectivity index (χ3v) is 1.92. The third-order valence-electron chi connectivity index (χ3n) is 1.92. The number of para-hydroxylation sites is 1. The van der Waals surface area contributed by atoms with E-state index in [1.165, 1.54) is 6.92 Å². The molecule has 0 aliphatic rings. The van der Waals surface area contributed by atoms with Crippen molar-refractivity contribution in [1.29, 1.82) is 0 Å². The maximum atomic E-state index is 11.0. The molecular weight excluding hydrogens is 166 g/mol. The summed E-state index contributed by atoms with van der Waals surface area (Å²) in [5.41, 5.74) is 6.82. The van der Waals surface area contributed by atoms with E-state index in [0.29, 0.717) is 17.0 Å². The van der Waals surface area contributed by atoms with E-state index in [1.807, 2.05) is 12.1 Å². The quantitative estimate of drug-likeness (QED) is 0.534. The minimum absolute atomic E-state index is 0.0874. The molecule has 0 saturated heterocycles. The number of nitrogens with two attached hydrogens (primary N) is 1. The monoisotopic (exact) mass is 175 g/mol. The molecule has 0 radical (unpaired) electrons. The number of nitrogen functional groups attached to an aromatic ring is 1. The Kier molecular flexibility index (Phi) is 1.59. The standard InChI is InChI=1S/C10H9NO2/c1-6(12)9-5-7-3-2-4-8(11)10(7)13-9/h2-5H,11H2,1H3. The van der Waals surface area contributed by atoms with Crippen molar-refractivity contribution in [1.82, 2.24) is 0 Å². The lowest BCUT2D eigenvalue weighted by Gasteiger charge is -1.91. The summed E-state index contributed by atoms with van der Waals surface area (Å²) in [4.78, 5) is 11.0. The molecule has 0 saturated carbocycles. The number of carbonyl (C=O) groups is 1. The van der Waals surface area contributed by atoms with E-state index in [4.69, 9.17) is 10.2 Å². The Labute approximate surface area is 75.1 Å². The molecule has 0 spiro atoms. The molecule has 1 aromatic heterocycles. The van der Waals surface area contributed by atoms with Crippen LogP contribution >= 0.6 is 0 Å². The molecule has 3 heteroatoms. The first kappa shape index (κ1) is 7.86. The first-order valence-corrected chi connectivity index (χ1v) is 3.97. The van der Waals surface area contributed by atoms with Gasteiger partial charge in [-0.25, -0.2) is 0 Å². The zero-order valence-electron chi connectivity index (χ0n) is 7.20. The average molecular weight is 175 g/mol. The van der Waals surface area contributed by atoms with E-state index in [1.54, 1.807) is 12.1 Å². The second-order valence-electron chi connectivity index (χ2n) is 2.93. The van der Waals surface area contributed by atoms with Gasteiger partial charge in [0, 0.05) is 12.3 Å². The van der Waals surface area contributed by atoms with Gasteiger partial charge in [-0.3, -0.25) is 4.79 Å². The van der Waals surface area contributed by atoms with Crippen LogP contribution in [0.15, 0.2) is 28.7 Å². The van der Waals surface area contributed by atoms with Gasteiger partial charge in [0.1, 0.15) is 0 Å². The van der Waals surface area contributed by atoms with Crippen molar-refractivity contribution >= 4 is 22.4 Å². The van der Waals surface area contributed by atoms with Crippen molar-refractivity contribution in [3.63, 3.8) is 0 Å². The molecule has 2 N–H and O–H groups in total. The Hall–Kier alpha value is -1.77. The number of furan rings is 1. The molecule has 66 valence electrons. The molecule has 1 heterocycles. The topological polar surface area (TPSA) is 56.2 Å². The van der Waals surface area contributed by atoms with Gasteiger partial charge in [-0.2, -0.15) is 0 Å². The van der Waals surface area contributed by atoms with E-state index in [0.717, 1.165) is 5.39 Å². The van der Waals surface area contributed by atoms with E-state index < -0.39 is 0 Å². The Morgan fingerprint density at radius 2 is 2.23 bits per heavy atom. The highest BCUT2D eigenvalue weighted by atomic mass is 16.3. The van der Waals surface area contributed by atoms with Crippen LogP contribution in [-0.4, -0.2) is 5.78 Å². The molecule has 0 amide bonds. The van der Waals surface area contributed by atoms with Gasteiger partial charge in [0.15, 0.2) is 17.1 Å². The van der Waals surface area contributed by atoms with Crippen LogP contribution in [-0.2, 0) is 0 Å². The van der Waals surface area contributed by atoms with Gasteiger partial charge in [-0.05, 0) is 12.1 Å². The number of carbonyl (C=O) groups excluding carboxylic acids is 1. The van der Waals surface area contributed by atoms with Crippen LogP contribution in [0, 0.1) is 0 Å². The second kappa shape index (κ2) is 2.62. The molecule has 0 unspecified atom stereocenters. The van der Waals surface area contributed by atoms with E-state index in [2.05, 4.69) is 0 Å². The Morgan fingerprint density at radius 1 is 1.46 bits per heavy atom. The Morgan fingerprint density at radius 3 is 2.85 bits per heavy atom. The number of fused-ring (bicyclic) bond motifs is 1. The Bertz CT molecular complexity index is 471. The number of ketones is 1. The molecule has 0 atom stereocenters. The van der Waals surface area contributed by atoms with Gasteiger partial charge in [0.25, 0.3) is 0 Å². The maximum Gasteiger partial charge on any atom is 0.194 e. The first-order chi connectivity index (χ1) is 6.18. The van der Waals surface area contributed by atoms with Gasteiger partial charge >= 0.3 is 0 Å². The molecule has 2 aromatic rings. The molecule has 3 nitrogen and oxygen atoms in total. The fourth-order valence-electron chi connectivity index (χ4n) is 1.26. The lowest BCUT2D eigenvalue weighted by atomic mass is 10.2. The molecule has 2 rings (SSSR count). The molecule has 0 bridgehead atoms. The summed E-state index contributed by atoms with van der Waals surface area (Å²) >= 11 is 0. The van der Waals surface area contributed by atoms with Crippen LogP contribution < -0.4 is 5.73 Å². The number of anilines is 1. The van der Waals surface area contributed by atoms with Crippen LogP contribution in [0.1, 0.15) is 17.5 Å². The molecule has 13 heavy (non-hydrogen) atoms. The summed E-state index contributed by atoms with van der Waals surface area (Å²) in [6.45, 7) is 1.47. The fraction of sp³-hybridized carbons (Fsp3) is 0.100. The predicted molar refractivity (Wildman–Crippen MR) is 50.6 cm³/mol. The summed E-state index contributed by atoms with van der Waals surface area (Å²) < 4.78 is 5.29. The average Bonchev–Trinajstić information content (AvgIpc) is 2.49. The van der Waals surface area contributed by atoms with Crippen molar-refractivity contribution in [3.8, 4) is 0 Å². The van der Waals surface area contributed by atoms with Crippen molar-refractivity contribution < 1.29 is 9.21 Å². The van der Waals surface area contributed by atoms with Crippen molar-refractivity contribution in [2.24, 2.45) is 0 Å². The summed E-state index contributed by atoms with van der Waals surface area (Å²) in [5, 5.41) is 0.866. The summed E-state index contributed by atoms with van der Waals surface area (Å²) in [6, 6.07) is 7.14. The van der Waals surface area contributed by atoms with Crippen LogP contribution in [0.5, 0.6) is 0 Å². The largest absolute Gasteiger partial charge is 0.451 e. The number of hydrogen-bond donors (Lipinski definition) is 1. The van der Waals surface area contributed by atoms with Gasteiger partial charge in [0.2, 0.25) is 0 Å². The molecule has 0 aliphatic heterocycles. The second-order valence-corrected chi connectivity index (χ2v) is 2.93. The zero-order valence-corrected chi connectivity index (χ0v) is 7.20. The van der Waals surface area contributed by atoms with Crippen LogP contribution in [0.25, 0.3) is 11.0 Å². The van der Waals surface area contributed by atoms with Crippen molar-refractivity contribution in [2.45, 2.75) is 6.92 Å². The highest BCUT2D eigenvalue weighted by Crippen LogP contribution is 2.24. The van der Waals surface area contributed by atoms with Crippen LogP contribution in [0.2, 0.25) is 0 Å². The minimum Gasteiger partial charge on any atom is -0.451 e. The normalized spacial score (nSPS) is 10.5. The molecule has 0 fully saturated rings. The number of rotatable bonds is 1. The van der Waals surface area contributed by atoms with E-state index in [-0.39, 0.29) is 5.78 Å². The maximum absolute atomic E-state index is 11.0. The number of Topliss-reactive ketones (excluding diaryl/α,β-unsaturated/α-hetero) is 1. The fourth-order valence-corrected chi connectivity index (χ4v) is 1.26. The van der Waals surface area contributed by atoms with Crippen molar-refractivity contribution in [2.75, 3.05) is 5.73 Å².